The minimum Gasteiger partial charge on any atom is -0.359 e. The summed E-state index contributed by atoms with van der Waals surface area (Å²) in [6.07, 6.45) is 1.30. The highest BCUT2D eigenvalue weighted by Gasteiger charge is 2.21. The van der Waals surface area contributed by atoms with E-state index in [0.29, 0.717) is 0 Å². The topological polar surface area (TPSA) is 31.4 Å². The van der Waals surface area contributed by atoms with Crippen LogP contribution in [0.5, 0.6) is 0 Å². The number of nitrogens with zero attached hydrogens (tertiary/aromatic N) is 3. The summed E-state index contributed by atoms with van der Waals surface area (Å²) in [4.78, 5) is 9.50. The van der Waals surface area contributed by atoms with Crippen LogP contribution in [-0.4, -0.2) is 49.2 Å². The maximum atomic E-state index is 4.79. The Bertz CT molecular complexity index is 452. The lowest BCUT2D eigenvalue weighted by Gasteiger charge is -2.23. The molecule has 1 aliphatic rings. The van der Waals surface area contributed by atoms with Gasteiger partial charge in [0.1, 0.15) is 5.82 Å². The van der Waals surface area contributed by atoms with Gasteiger partial charge in [-0.15, -0.1) is 0 Å². The number of hydrogen-bond donors (Lipinski definition) is 1. The predicted octanol–water partition coefficient (Wildman–Crippen LogP) is 2.36. The smallest absolute Gasteiger partial charge is 0.128 e. The Labute approximate surface area is 129 Å². The SMILES string of the molecule is CN1CCC(CN(C)c2cccc(CNC(C)(C)C)n2)C1. The quantitative estimate of drug-likeness (QED) is 0.902. The van der Waals surface area contributed by atoms with Crippen molar-refractivity contribution in [1.82, 2.24) is 15.2 Å². The molecule has 4 nitrogen and oxygen atoms in total. The van der Waals surface area contributed by atoms with Gasteiger partial charge >= 0.3 is 0 Å². The van der Waals surface area contributed by atoms with Crippen molar-refractivity contribution in [2.75, 3.05) is 38.6 Å². The first-order chi connectivity index (χ1) is 9.83. The van der Waals surface area contributed by atoms with Gasteiger partial charge < -0.3 is 15.1 Å². The highest BCUT2D eigenvalue weighted by Crippen LogP contribution is 2.18. The van der Waals surface area contributed by atoms with Crippen LogP contribution in [0, 0.1) is 5.92 Å². The Morgan fingerprint density at radius 2 is 2.14 bits per heavy atom. The molecule has 1 N–H and O–H groups in total. The normalized spacial score (nSPS) is 20.0. The second kappa shape index (κ2) is 6.75. The van der Waals surface area contributed by atoms with Crippen LogP contribution in [-0.2, 0) is 6.54 Å². The summed E-state index contributed by atoms with van der Waals surface area (Å²) in [7, 11) is 4.36. The lowest BCUT2D eigenvalue weighted by atomic mass is 10.1. The molecule has 1 saturated heterocycles. The third kappa shape index (κ3) is 5.29. The summed E-state index contributed by atoms with van der Waals surface area (Å²) >= 11 is 0. The number of rotatable bonds is 5. The Balaban J connectivity index is 1.93. The maximum Gasteiger partial charge on any atom is 0.128 e. The fourth-order valence-electron chi connectivity index (χ4n) is 2.79. The van der Waals surface area contributed by atoms with Gasteiger partial charge in [0.05, 0.1) is 5.69 Å². The van der Waals surface area contributed by atoms with Crippen molar-refractivity contribution in [3.63, 3.8) is 0 Å². The Morgan fingerprint density at radius 1 is 1.38 bits per heavy atom. The molecule has 0 radical (unpaired) electrons. The van der Waals surface area contributed by atoms with Crippen LogP contribution >= 0.6 is 0 Å². The van der Waals surface area contributed by atoms with E-state index in [-0.39, 0.29) is 5.54 Å². The maximum absolute atomic E-state index is 4.79. The molecule has 1 atom stereocenters. The number of anilines is 1. The Morgan fingerprint density at radius 3 is 2.76 bits per heavy atom. The monoisotopic (exact) mass is 290 g/mol. The third-order valence-electron chi connectivity index (χ3n) is 4.00. The molecule has 0 spiro atoms. The van der Waals surface area contributed by atoms with Crippen LogP contribution < -0.4 is 10.2 Å². The zero-order valence-corrected chi connectivity index (χ0v) is 14.2. The molecule has 1 fully saturated rings. The van der Waals surface area contributed by atoms with Gasteiger partial charge in [0.15, 0.2) is 0 Å². The number of aromatic nitrogens is 1. The minimum atomic E-state index is 0.123. The molecular formula is C17H30N4. The molecule has 21 heavy (non-hydrogen) atoms. The molecule has 118 valence electrons. The highest BCUT2D eigenvalue weighted by atomic mass is 15.2. The highest BCUT2D eigenvalue weighted by molar-refractivity contribution is 5.38. The molecule has 1 aromatic rings. The van der Waals surface area contributed by atoms with Crippen LogP contribution in [0.3, 0.4) is 0 Å². The number of nitrogens with one attached hydrogen (secondary N) is 1. The van der Waals surface area contributed by atoms with E-state index in [9.17, 15) is 0 Å². The van der Waals surface area contributed by atoms with Gasteiger partial charge in [0.2, 0.25) is 0 Å². The molecule has 1 unspecified atom stereocenters. The summed E-state index contributed by atoms with van der Waals surface area (Å²) in [5.41, 5.74) is 1.23. The average molecular weight is 290 g/mol. The molecule has 4 heteroatoms. The van der Waals surface area contributed by atoms with Crippen molar-refractivity contribution in [2.45, 2.75) is 39.3 Å². The van der Waals surface area contributed by atoms with Crippen molar-refractivity contribution < 1.29 is 0 Å². The van der Waals surface area contributed by atoms with E-state index in [4.69, 9.17) is 4.98 Å². The third-order valence-corrected chi connectivity index (χ3v) is 4.00. The van der Waals surface area contributed by atoms with Crippen molar-refractivity contribution in [3.8, 4) is 0 Å². The second-order valence-electron chi connectivity index (χ2n) is 7.39. The van der Waals surface area contributed by atoms with Crippen LogP contribution in [0.25, 0.3) is 0 Å². The molecule has 0 aromatic carbocycles. The van der Waals surface area contributed by atoms with Gasteiger partial charge in [0, 0.05) is 32.2 Å². The molecule has 0 aliphatic carbocycles. The molecular weight excluding hydrogens is 260 g/mol. The van der Waals surface area contributed by atoms with E-state index in [1.807, 2.05) is 0 Å². The van der Waals surface area contributed by atoms with E-state index in [1.165, 1.54) is 19.5 Å². The summed E-state index contributed by atoms with van der Waals surface area (Å²) in [6, 6.07) is 6.32. The first-order valence-corrected chi connectivity index (χ1v) is 7.94. The van der Waals surface area contributed by atoms with Crippen LogP contribution in [0.4, 0.5) is 5.82 Å². The van der Waals surface area contributed by atoms with Crippen LogP contribution in [0.15, 0.2) is 18.2 Å². The summed E-state index contributed by atoms with van der Waals surface area (Å²) in [5, 5.41) is 3.50. The molecule has 0 saturated carbocycles. The summed E-state index contributed by atoms with van der Waals surface area (Å²) in [5.74, 6) is 1.84. The number of likely N-dealkylation sites (tertiary alicyclic amines) is 1. The molecule has 2 rings (SSSR count). The first-order valence-electron chi connectivity index (χ1n) is 7.94. The Hall–Kier alpha value is -1.13. The van der Waals surface area contributed by atoms with Crippen molar-refractivity contribution >= 4 is 5.82 Å². The van der Waals surface area contributed by atoms with Gasteiger partial charge in [-0.3, -0.25) is 0 Å². The zero-order chi connectivity index (χ0) is 15.5. The fraction of sp³-hybridized carbons (Fsp3) is 0.706. The van der Waals surface area contributed by atoms with Gasteiger partial charge in [-0.2, -0.15) is 0 Å². The van der Waals surface area contributed by atoms with E-state index >= 15 is 0 Å². The van der Waals surface area contributed by atoms with E-state index in [1.54, 1.807) is 0 Å². The lowest BCUT2D eigenvalue weighted by molar-refractivity contribution is 0.395. The second-order valence-corrected chi connectivity index (χ2v) is 7.39. The molecule has 0 amide bonds. The van der Waals surface area contributed by atoms with Gasteiger partial charge in [-0.05, 0) is 58.8 Å². The standard InChI is InChI=1S/C17H30N4/c1-17(2,3)18-11-15-7-6-8-16(19-15)21(5)13-14-9-10-20(4)12-14/h6-8,14,18H,9-13H2,1-5H3. The van der Waals surface area contributed by atoms with E-state index < -0.39 is 0 Å². The molecule has 1 aromatic heterocycles. The van der Waals surface area contributed by atoms with Crippen molar-refractivity contribution in [3.05, 3.63) is 23.9 Å². The van der Waals surface area contributed by atoms with E-state index in [2.05, 4.69) is 68.2 Å². The largest absolute Gasteiger partial charge is 0.359 e. The molecule has 1 aliphatic heterocycles. The summed E-state index contributed by atoms with van der Waals surface area (Å²) in [6.45, 7) is 10.9. The zero-order valence-electron chi connectivity index (χ0n) is 14.2. The molecule has 0 bridgehead atoms. The van der Waals surface area contributed by atoms with Crippen LogP contribution in [0.2, 0.25) is 0 Å². The van der Waals surface area contributed by atoms with Crippen LogP contribution in [0.1, 0.15) is 32.9 Å². The lowest BCUT2D eigenvalue weighted by Crippen LogP contribution is -2.35. The van der Waals surface area contributed by atoms with Crippen molar-refractivity contribution in [2.24, 2.45) is 5.92 Å². The Kier molecular flexibility index (Phi) is 5.22. The number of pyridine rings is 1. The molecule has 2 heterocycles. The average Bonchev–Trinajstić information content (AvgIpc) is 2.81. The number of hydrogen-bond acceptors (Lipinski definition) is 4. The van der Waals surface area contributed by atoms with Gasteiger partial charge in [-0.1, -0.05) is 6.07 Å². The van der Waals surface area contributed by atoms with Gasteiger partial charge in [0.25, 0.3) is 0 Å². The fourth-order valence-corrected chi connectivity index (χ4v) is 2.79. The summed E-state index contributed by atoms with van der Waals surface area (Å²) < 4.78 is 0. The van der Waals surface area contributed by atoms with Crippen molar-refractivity contribution in [1.29, 1.82) is 0 Å². The minimum absolute atomic E-state index is 0.123. The predicted molar refractivity (Wildman–Crippen MR) is 89.7 cm³/mol. The van der Waals surface area contributed by atoms with E-state index in [0.717, 1.165) is 30.5 Å². The van der Waals surface area contributed by atoms with Gasteiger partial charge in [-0.25, -0.2) is 4.98 Å². The first kappa shape index (κ1) is 16.2.